The van der Waals surface area contributed by atoms with E-state index >= 15 is 0 Å². The summed E-state index contributed by atoms with van der Waals surface area (Å²) in [5, 5.41) is 11.9. The van der Waals surface area contributed by atoms with Gasteiger partial charge in [-0.1, -0.05) is 13.8 Å². The van der Waals surface area contributed by atoms with Crippen LogP contribution in [0.25, 0.3) is 0 Å². The zero-order valence-electron chi connectivity index (χ0n) is 10.9. The Balaban J connectivity index is 2.69. The number of thiophene rings is 1. The fraction of sp³-hybridized carbons (Fsp3) is 0.615. The Bertz CT molecular complexity index is 387. The van der Waals surface area contributed by atoms with Crippen LogP contribution in [0.5, 0.6) is 0 Å². The largest absolute Gasteiger partial charge is 0.396 e. The van der Waals surface area contributed by atoms with Crippen LogP contribution >= 0.6 is 11.3 Å². The molecule has 0 aliphatic carbocycles. The number of carbonyl (C=O) groups excluding carboxylic acids is 1. The van der Waals surface area contributed by atoms with Crippen LogP contribution in [0.1, 0.15) is 40.9 Å². The number of aliphatic hydroxyl groups is 1. The maximum Gasteiger partial charge on any atom is 0.261 e. The van der Waals surface area contributed by atoms with E-state index in [0.717, 1.165) is 11.3 Å². The molecule has 0 aliphatic rings. The third-order valence-corrected chi connectivity index (χ3v) is 4.45. The highest BCUT2D eigenvalue weighted by Crippen LogP contribution is 2.22. The van der Waals surface area contributed by atoms with Gasteiger partial charge in [0.15, 0.2) is 0 Å². The van der Waals surface area contributed by atoms with Gasteiger partial charge < -0.3 is 10.4 Å². The van der Waals surface area contributed by atoms with Gasteiger partial charge in [-0.2, -0.15) is 0 Å². The zero-order valence-corrected chi connectivity index (χ0v) is 11.7. The average Bonchev–Trinajstić information content (AvgIpc) is 2.69. The third-order valence-electron chi connectivity index (χ3n) is 3.07. The first kappa shape index (κ1) is 14.2. The Morgan fingerprint density at radius 2 is 2.18 bits per heavy atom. The van der Waals surface area contributed by atoms with Crippen molar-refractivity contribution in [3.63, 3.8) is 0 Å². The summed E-state index contributed by atoms with van der Waals surface area (Å²) >= 11 is 1.55. The summed E-state index contributed by atoms with van der Waals surface area (Å²) in [5.74, 6) is 0.0382. The van der Waals surface area contributed by atoms with Gasteiger partial charge in [-0.25, -0.2) is 0 Å². The second-order valence-corrected chi connectivity index (χ2v) is 5.63. The van der Waals surface area contributed by atoms with Crippen molar-refractivity contribution in [1.82, 2.24) is 5.32 Å². The molecular formula is C13H21NO2S. The van der Waals surface area contributed by atoms with Gasteiger partial charge in [-0.15, -0.1) is 11.3 Å². The van der Waals surface area contributed by atoms with E-state index in [1.54, 1.807) is 11.3 Å². The summed E-state index contributed by atoms with van der Waals surface area (Å²) in [4.78, 5) is 14.0. The highest BCUT2D eigenvalue weighted by atomic mass is 32.1. The van der Waals surface area contributed by atoms with Crippen molar-refractivity contribution >= 4 is 17.2 Å². The maximum absolute atomic E-state index is 12.0. The van der Waals surface area contributed by atoms with E-state index in [9.17, 15) is 4.79 Å². The first-order valence-electron chi connectivity index (χ1n) is 6.00. The van der Waals surface area contributed by atoms with Crippen LogP contribution in [-0.4, -0.2) is 23.7 Å². The Kier molecular flexibility index (Phi) is 5.15. The molecule has 96 valence electrons. The molecule has 0 radical (unpaired) electrons. The summed E-state index contributed by atoms with van der Waals surface area (Å²) < 4.78 is 0. The second-order valence-electron chi connectivity index (χ2n) is 4.49. The predicted molar refractivity (Wildman–Crippen MR) is 71.6 cm³/mol. The van der Waals surface area contributed by atoms with Gasteiger partial charge in [0.25, 0.3) is 5.91 Å². The Morgan fingerprint density at radius 1 is 1.53 bits per heavy atom. The normalized spacial score (nSPS) is 14.4. The Labute approximate surface area is 107 Å². The Hall–Kier alpha value is -0.870. The molecule has 17 heavy (non-hydrogen) atoms. The van der Waals surface area contributed by atoms with E-state index in [1.165, 1.54) is 10.4 Å². The van der Waals surface area contributed by atoms with E-state index in [1.807, 2.05) is 26.8 Å². The number of amides is 1. The molecule has 0 saturated carbocycles. The van der Waals surface area contributed by atoms with Gasteiger partial charge in [0.1, 0.15) is 0 Å². The molecule has 2 atom stereocenters. The standard InChI is InChI=1S/C13H21NO2S/c1-5-11-8(2)6-12(17-11)13(16)14-10(4)9(3)7-15/h6,9-10,15H,5,7H2,1-4H3,(H,14,16). The summed E-state index contributed by atoms with van der Waals surface area (Å²) in [5.41, 5.74) is 1.19. The lowest BCUT2D eigenvalue weighted by atomic mass is 10.1. The number of rotatable bonds is 5. The van der Waals surface area contributed by atoms with Gasteiger partial charge in [0, 0.05) is 17.5 Å². The van der Waals surface area contributed by atoms with Gasteiger partial charge >= 0.3 is 0 Å². The van der Waals surface area contributed by atoms with E-state index in [0.29, 0.717) is 0 Å². The fourth-order valence-corrected chi connectivity index (χ4v) is 2.58. The molecule has 1 aromatic heterocycles. The third kappa shape index (κ3) is 3.54. The van der Waals surface area contributed by atoms with Crippen molar-refractivity contribution in [2.45, 2.75) is 40.2 Å². The maximum atomic E-state index is 12.0. The number of aliphatic hydroxyl groups excluding tert-OH is 1. The molecule has 0 fully saturated rings. The molecule has 2 unspecified atom stereocenters. The lowest BCUT2D eigenvalue weighted by Gasteiger charge is -2.18. The number of carbonyl (C=O) groups is 1. The molecule has 4 heteroatoms. The molecule has 1 rings (SSSR count). The van der Waals surface area contributed by atoms with Crippen LogP contribution in [0.15, 0.2) is 6.07 Å². The molecule has 0 saturated heterocycles. The molecule has 2 N–H and O–H groups in total. The van der Waals surface area contributed by atoms with Crippen LogP contribution in [0, 0.1) is 12.8 Å². The van der Waals surface area contributed by atoms with Crippen LogP contribution in [0.2, 0.25) is 0 Å². The predicted octanol–water partition coefficient (Wildman–Crippen LogP) is 2.37. The van der Waals surface area contributed by atoms with Crippen molar-refractivity contribution in [1.29, 1.82) is 0 Å². The lowest BCUT2D eigenvalue weighted by molar-refractivity contribution is 0.0920. The van der Waals surface area contributed by atoms with Crippen LogP contribution in [0.4, 0.5) is 0 Å². The first-order valence-corrected chi connectivity index (χ1v) is 6.82. The zero-order chi connectivity index (χ0) is 13.0. The molecule has 1 aromatic rings. The van der Waals surface area contributed by atoms with E-state index < -0.39 is 0 Å². The topological polar surface area (TPSA) is 49.3 Å². The minimum absolute atomic E-state index is 0.0139. The van der Waals surface area contributed by atoms with Gasteiger partial charge in [-0.3, -0.25) is 4.79 Å². The minimum atomic E-state index is -0.0365. The summed E-state index contributed by atoms with van der Waals surface area (Å²) in [7, 11) is 0. The van der Waals surface area contributed by atoms with Crippen molar-refractivity contribution in [3.05, 3.63) is 21.4 Å². The Morgan fingerprint density at radius 3 is 2.65 bits per heavy atom. The first-order chi connectivity index (χ1) is 7.99. The minimum Gasteiger partial charge on any atom is -0.396 e. The molecule has 3 nitrogen and oxygen atoms in total. The molecule has 1 heterocycles. The summed E-state index contributed by atoms with van der Waals surface area (Å²) in [6.45, 7) is 8.05. The van der Waals surface area contributed by atoms with Gasteiger partial charge in [0.2, 0.25) is 0 Å². The molecule has 0 aromatic carbocycles. The molecule has 0 aliphatic heterocycles. The molecule has 0 bridgehead atoms. The lowest BCUT2D eigenvalue weighted by Crippen LogP contribution is -2.38. The quantitative estimate of drug-likeness (QED) is 0.848. The van der Waals surface area contributed by atoms with Crippen molar-refractivity contribution in [3.8, 4) is 0 Å². The fourth-order valence-electron chi connectivity index (χ4n) is 1.56. The molecule has 0 spiro atoms. The van der Waals surface area contributed by atoms with Crippen molar-refractivity contribution in [2.75, 3.05) is 6.61 Å². The number of hydrogen-bond acceptors (Lipinski definition) is 3. The monoisotopic (exact) mass is 255 g/mol. The van der Waals surface area contributed by atoms with Crippen LogP contribution < -0.4 is 5.32 Å². The highest BCUT2D eigenvalue weighted by Gasteiger charge is 2.17. The highest BCUT2D eigenvalue weighted by molar-refractivity contribution is 7.14. The van der Waals surface area contributed by atoms with Gasteiger partial charge in [0.05, 0.1) is 4.88 Å². The number of nitrogens with one attached hydrogen (secondary N) is 1. The molecular weight excluding hydrogens is 234 g/mol. The second kappa shape index (κ2) is 6.17. The summed E-state index contributed by atoms with van der Waals surface area (Å²) in [6.07, 6.45) is 0.965. The number of hydrogen-bond donors (Lipinski definition) is 2. The summed E-state index contributed by atoms with van der Waals surface area (Å²) in [6, 6.07) is 1.93. The van der Waals surface area contributed by atoms with E-state index in [2.05, 4.69) is 12.2 Å². The van der Waals surface area contributed by atoms with Crippen LogP contribution in [-0.2, 0) is 6.42 Å². The molecule has 1 amide bonds. The van der Waals surface area contributed by atoms with Crippen LogP contribution in [0.3, 0.4) is 0 Å². The SMILES string of the molecule is CCc1sc(C(=O)NC(C)C(C)CO)cc1C. The smallest absolute Gasteiger partial charge is 0.261 e. The van der Waals surface area contributed by atoms with Crippen molar-refractivity contribution in [2.24, 2.45) is 5.92 Å². The van der Waals surface area contributed by atoms with E-state index in [4.69, 9.17) is 5.11 Å². The van der Waals surface area contributed by atoms with E-state index in [-0.39, 0.29) is 24.5 Å². The van der Waals surface area contributed by atoms with Gasteiger partial charge in [-0.05, 0) is 37.8 Å². The number of aryl methyl sites for hydroxylation is 2. The average molecular weight is 255 g/mol. The van der Waals surface area contributed by atoms with Crippen molar-refractivity contribution < 1.29 is 9.90 Å².